The summed E-state index contributed by atoms with van der Waals surface area (Å²) in [6.07, 6.45) is 5.72. The fourth-order valence-corrected chi connectivity index (χ4v) is 3.47. The molecule has 2 aromatic carbocycles. The van der Waals surface area contributed by atoms with Gasteiger partial charge in [-0.05, 0) is 53.8 Å². The molecule has 0 bridgehead atoms. The van der Waals surface area contributed by atoms with Gasteiger partial charge in [0, 0.05) is 28.0 Å². The summed E-state index contributed by atoms with van der Waals surface area (Å²) < 4.78 is 6.33. The van der Waals surface area contributed by atoms with E-state index in [0.717, 1.165) is 24.0 Å². The normalized spacial score (nSPS) is 15.1. The summed E-state index contributed by atoms with van der Waals surface area (Å²) in [4.78, 5) is 4.34. The van der Waals surface area contributed by atoms with Crippen molar-refractivity contribution in [1.82, 2.24) is 4.98 Å². The third-order valence-electron chi connectivity index (χ3n) is 4.61. The molecular formula is C21H17Cl2NO. The molecule has 0 amide bonds. The molecule has 1 heterocycles. The Hall–Kier alpha value is -1.87. The van der Waals surface area contributed by atoms with E-state index in [1.54, 1.807) is 6.07 Å². The van der Waals surface area contributed by atoms with E-state index in [1.165, 1.54) is 11.1 Å². The van der Waals surface area contributed by atoms with Gasteiger partial charge < -0.3 is 4.74 Å². The van der Waals surface area contributed by atoms with Gasteiger partial charge in [-0.15, -0.1) is 0 Å². The summed E-state index contributed by atoms with van der Waals surface area (Å²) in [6.45, 7) is 0.433. The van der Waals surface area contributed by atoms with Crippen LogP contribution in [0.4, 0.5) is 0 Å². The minimum absolute atomic E-state index is 0.287. The van der Waals surface area contributed by atoms with Crippen LogP contribution in [-0.2, 0) is 16.9 Å². The number of pyridine rings is 1. The lowest BCUT2D eigenvalue weighted by atomic mass is 9.97. The highest BCUT2D eigenvalue weighted by molar-refractivity contribution is 6.33. The van der Waals surface area contributed by atoms with Crippen molar-refractivity contribution >= 4 is 23.2 Å². The van der Waals surface area contributed by atoms with Gasteiger partial charge in [-0.3, -0.25) is 4.98 Å². The van der Waals surface area contributed by atoms with Crippen LogP contribution in [0.2, 0.25) is 10.0 Å². The second kappa shape index (κ2) is 6.80. The van der Waals surface area contributed by atoms with Crippen molar-refractivity contribution < 1.29 is 4.74 Å². The monoisotopic (exact) mass is 369 g/mol. The molecule has 2 nitrogen and oxygen atoms in total. The van der Waals surface area contributed by atoms with E-state index in [-0.39, 0.29) is 5.60 Å². The second-order valence-electron chi connectivity index (χ2n) is 6.31. The molecule has 1 fully saturated rings. The van der Waals surface area contributed by atoms with Gasteiger partial charge in [-0.2, -0.15) is 0 Å². The molecule has 4 rings (SSSR count). The lowest BCUT2D eigenvalue weighted by Gasteiger charge is -2.21. The van der Waals surface area contributed by atoms with Crippen molar-refractivity contribution in [2.45, 2.75) is 25.0 Å². The lowest BCUT2D eigenvalue weighted by Crippen LogP contribution is -2.14. The Morgan fingerprint density at radius 2 is 1.80 bits per heavy atom. The quantitative estimate of drug-likeness (QED) is 0.529. The second-order valence-corrected chi connectivity index (χ2v) is 7.15. The predicted molar refractivity (Wildman–Crippen MR) is 102 cm³/mol. The van der Waals surface area contributed by atoms with Gasteiger partial charge in [0.05, 0.1) is 12.2 Å². The van der Waals surface area contributed by atoms with Crippen LogP contribution in [-0.4, -0.2) is 4.98 Å². The molecule has 1 saturated carbocycles. The fourth-order valence-electron chi connectivity index (χ4n) is 3.10. The Labute approximate surface area is 157 Å². The Morgan fingerprint density at radius 1 is 1.00 bits per heavy atom. The van der Waals surface area contributed by atoms with Crippen LogP contribution in [0, 0.1) is 0 Å². The first-order valence-corrected chi connectivity index (χ1v) is 9.01. The summed E-state index contributed by atoms with van der Waals surface area (Å²) in [5, 5.41) is 1.34. The zero-order valence-electron chi connectivity index (χ0n) is 13.6. The molecule has 0 aliphatic heterocycles. The van der Waals surface area contributed by atoms with Gasteiger partial charge in [-0.1, -0.05) is 53.5 Å². The van der Waals surface area contributed by atoms with Crippen molar-refractivity contribution in [1.29, 1.82) is 0 Å². The third-order valence-corrected chi connectivity index (χ3v) is 5.22. The fraction of sp³-hybridized carbons (Fsp3) is 0.190. The van der Waals surface area contributed by atoms with E-state index in [2.05, 4.69) is 23.2 Å². The maximum absolute atomic E-state index is 6.33. The van der Waals surface area contributed by atoms with Crippen molar-refractivity contribution in [3.63, 3.8) is 0 Å². The molecule has 25 heavy (non-hydrogen) atoms. The molecule has 0 saturated heterocycles. The number of hydrogen-bond acceptors (Lipinski definition) is 2. The molecule has 1 aliphatic rings. The lowest BCUT2D eigenvalue weighted by molar-refractivity contribution is 0.0174. The molecule has 1 aliphatic carbocycles. The van der Waals surface area contributed by atoms with Crippen molar-refractivity contribution in [3.05, 3.63) is 88.2 Å². The number of ether oxygens (including phenoxy) is 1. The maximum atomic E-state index is 6.33. The van der Waals surface area contributed by atoms with E-state index in [0.29, 0.717) is 16.7 Å². The molecule has 0 spiro atoms. The molecule has 0 N–H and O–H groups in total. The first-order chi connectivity index (χ1) is 12.2. The minimum atomic E-state index is -0.287. The highest BCUT2D eigenvalue weighted by atomic mass is 35.5. The molecular weight excluding hydrogens is 353 g/mol. The zero-order chi connectivity index (χ0) is 17.3. The van der Waals surface area contributed by atoms with Crippen LogP contribution in [0.25, 0.3) is 11.1 Å². The van der Waals surface area contributed by atoms with Crippen molar-refractivity contribution in [2.75, 3.05) is 0 Å². The molecule has 0 atom stereocenters. The Balaban J connectivity index is 1.63. The first-order valence-electron chi connectivity index (χ1n) is 8.26. The Kier molecular flexibility index (Phi) is 4.51. The standard InChI is InChI=1S/C21H17Cl2NO/c22-17-6-7-20(23)16(12-17)14-25-21(9-10-21)19-13-24-11-8-18(19)15-4-2-1-3-5-15/h1-8,11-13H,9-10,14H2. The van der Waals surface area contributed by atoms with Crippen LogP contribution < -0.4 is 0 Å². The van der Waals surface area contributed by atoms with Crippen LogP contribution in [0.5, 0.6) is 0 Å². The zero-order valence-corrected chi connectivity index (χ0v) is 15.1. The van der Waals surface area contributed by atoms with E-state index in [1.807, 2.05) is 42.7 Å². The topological polar surface area (TPSA) is 22.1 Å². The largest absolute Gasteiger partial charge is 0.365 e. The Morgan fingerprint density at radius 3 is 2.56 bits per heavy atom. The van der Waals surface area contributed by atoms with Crippen LogP contribution in [0.1, 0.15) is 24.0 Å². The van der Waals surface area contributed by atoms with E-state index < -0.39 is 0 Å². The van der Waals surface area contributed by atoms with Gasteiger partial charge in [0.25, 0.3) is 0 Å². The van der Waals surface area contributed by atoms with E-state index in [9.17, 15) is 0 Å². The summed E-state index contributed by atoms with van der Waals surface area (Å²) in [5.41, 5.74) is 4.11. The smallest absolute Gasteiger partial charge is 0.0959 e. The van der Waals surface area contributed by atoms with Crippen molar-refractivity contribution in [2.24, 2.45) is 0 Å². The maximum Gasteiger partial charge on any atom is 0.0959 e. The number of halogens is 2. The number of nitrogens with zero attached hydrogens (tertiary/aromatic N) is 1. The molecule has 0 unspecified atom stereocenters. The van der Waals surface area contributed by atoms with Gasteiger partial charge in [0.2, 0.25) is 0 Å². The summed E-state index contributed by atoms with van der Waals surface area (Å²) >= 11 is 12.3. The number of rotatable bonds is 5. The highest BCUT2D eigenvalue weighted by Gasteiger charge is 2.47. The minimum Gasteiger partial charge on any atom is -0.365 e. The van der Waals surface area contributed by atoms with Crippen LogP contribution >= 0.6 is 23.2 Å². The number of aromatic nitrogens is 1. The highest BCUT2D eigenvalue weighted by Crippen LogP contribution is 2.52. The Bertz CT molecular complexity index is 891. The predicted octanol–water partition coefficient (Wildman–Crippen LogP) is 6.26. The molecule has 126 valence electrons. The van der Waals surface area contributed by atoms with Gasteiger partial charge in [-0.25, -0.2) is 0 Å². The van der Waals surface area contributed by atoms with Gasteiger partial charge in [0.15, 0.2) is 0 Å². The molecule has 0 radical (unpaired) electrons. The van der Waals surface area contributed by atoms with Gasteiger partial charge >= 0.3 is 0 Å². The van der Waals surface area contributed by atoms with E-state index in [4.69, 9.17) is 27.9 Å². The SMILES string of the molecule is Clc1ccc(Cl)c(COC2(c3cnccc3-c3ccccc3)CC2)c1. The molecule has 1 aromatic heterocycles. The first kappa shape index (κ1) is 16.6. The number of hydrogen-bond donors (Lipinski definition) is 0. The van der Waals surface area contributed by atoms with Crippen LogP contribution in [0.15, 0.2) is 67.0 Å². The number of benzene rings is 2. The molecule has 4 heteroatoms. The van der Waals surface area contributed by atoms with Gasteiger partial charge in [0.1, 0.15) is 0 Å². The summed E-state index contributed by atoms with van der Waals surface area (Å²) in [5.74, 6) is 0. The molecule has 3 aromatic rings. The van der Waals surface area contributed by atoms with E-state index >= 15 is 0 Å². The van der Waals surface area contributed by atoms with Crippen molar-refractivity contribution in [3.8, 4) is 11.1 Å². The average molecular weight is 370 g/mol. The van der Waals surface area contributed by atoms with Crippen LogP contribution in [0.3, 0.4) is 0 Å². The summed E-state index contributed by atoms with van der Waals surface area (Å²) in [7, 11) is 0. The third kappa shape index (κ3) is 3.43. The average Bonchev–Trinajstić information content (AvgIpc) is 3.44. The summed E-state index contributed by atoms with van der Waals surface area (Å²) in [6, 6.07) is 17.9.